The van der Waals surface area contributed by atoms with Crippen LogP contribution in [-0.2, 0) is 0 Å². The zero-order valence-corrected chi connectivity index (χ0v) is 10.1. The minimum atomic E-state index is 0.819. The first-order valence-corrected chi connectivity index (χ1v) is 5.90. The van der Waals surface area contributed by atoms with Crippen molar-refractivity contribution < 1.29 is 4.42 Å². The van der Waals surface area contributed by atoms with Crippen LogP contribution in [0.5, 0.6) is 0 Å². The van der Waals surface area contributed by atoms with Crippen molar-refractivity contribution in [3.8, 4) is 22.6 Å². The van der Waals surface area contributed by atoms with Gasteiger partial charge in [-0.1, -0.05) is 60.2 Å². The molecule has 0 amide bonds. The van der Waals surface area contributed by atoms with Crippen LogP contribution in [0.25, 0.3) is 22.6 Å². The third-order valence-corrected chi connectivity index (χ3v) is 2.93. The molecule has 0 aliphatic heterocycles. The summed E-state index contributed by atoms with van der Waals surface area (Å²) >= 11 is 0. The number of aryl methyl sites for hydroxylation is 1. The fourth-order valence-corrected chi connectivity index (χ4v) is 1.96. The molecule has 18 heavy (non-hydrogen) atoms. The lowest BCUT2D eigenvalue weighted by Gasteiger charge is -2.02. The van der Waals surface area contributed by atoms with Crippen molar-refractivity contribution in [2.24, 2.45) is 0 Å². The van der Waals surface area contributed by atoms with E-state index in [1.165, 1.54) is 12.0 Å². The average molecular weight is 235 g/mol. The summed E-state index contributed by atoms with van der Waals surface area (Å²) < 4.78 is 5.52. The number of oxazole rings is 1. The Morgan fingerprint density at radius 3 is 2.28 bits per heavy atom. The minimum absolute atomic E-state index is 0.819. The lowest BCUT2D eigenvalue weighted by molar-refractivity contribution is 0.572. The molecule has 0 bridgehead atoms. The SMILES string of the molecule is Cc1ccc(-c2ncoc2-c2ccccc2)cc1. The van der Waals surface area contributed by atoms with Crippen LogP contribution in [0.3, 0.4) is 0 Å². The van der Waals surface area contributed by atoms with E-state index in [-0.39, 0.29) is 0 Å². The van der Waals surface area contributed by atoms with Crippen molar-refractivity contribution in [2.45, 2.75) is 6.92 Å². The fourth-order valence-electron chi connectivity index (χ4n) is 1.96. The van der Waals surface area contributed by atoms with E-state index in [9.17, 15) is 0 Å². The van der Waals surface area contributed by atoms with Crippen LogP contribution in [0.1, 0.15) is 5.56 Å². The predicted molar refractivity (Wildman–Crippen MR) is 72.1 cm³/mol. The quantitative estimate of drug-likeness (QED) is 0.661. The third kappa shape index (κ3) is 1.93. The first kappa shape index (κ1) is 10.8. The smallest absolute Gasteiger partial charge is 0.182 e. The van der Waals surface area contributed by atoms with Crippen LogP contribution < -0.4 is 0 Å². The molecule has 0 saturated carbocycles. The van der Waals surface area contributed by atoms with E-state index in [2.05, 4.69) is 36.2 Å². The zero-order chi connectivity index (χ0) is 12.4. The van der Waals surface area contributed by atoms with Gasteiger partial charge < -0.3 is 4.42 Å². The van der Waals surface area contributed by atoms with Crippen molar-refractivity contribution >= 4 is 0 Å². The molecule has 0 aliphatic rings. The Balaban J connectivity index is 2.10. The van der Waals surface area contributed by atoms with Gasteiger partial charge in [0.2, 0.25) is 0 Å². The Labute approximate surface area is 106 Å². The number of nitrogens with zero attached hydrogens (tertiary/aromatic N) is 1. The summed E-state index contributed by atoms with van der Waals surface area (Å²) in [5, 5.41) is 0. The highest BCUT2D eigenvalue weighted by Gasteiger charge is 2.11. The summed E-state index contributed by atoms with van der Waals surface area (Å²) in [5.41, 5.74) is 4.25. The normalized spacial score (nSPS) is 10.5. The van der Waals surface area contributed by atoms with Crippen LogP contribution >= 0.6 is 0 Å². The molecule has 2 aromatic carbocycles. The number of hydrogen-bond donors (Lipinski definition) is 0. The molecule has 0 aliphatic carbocycles. The lowest BCUT2D eigenvalue weighted by atomic mass is 10.0. The standard InChI is InChI=1S/C16H13NO/c1-12-7-9-13(10-8-12)15-16(18-11-17-15)14-5-3-2-4-6-14/h2-11H,1H3. The highest BCUT2D eigenvalue weighted by Crippen LogP contribution is 2.30. The molecular formula is C16H13NO. The topological polar surface area (TPSA) is 26.0 Å². The van der Waals surface area contributed by atoms with Gasteiger partial charge in [0.25, 0.3) is 0 Å². The molecule has 3 rings (SSSR count). The summed E-state index contributed by atoms with van der Waals surface area (Å²) in [6.07, 6.45) is 1.50. The number of hydrogen-bond acceptors (Lipinski definition) is 2. The maximum Gasteiger partial charge on any atom is 0.182 e. The molecule has 3 aromatic rings. The summed E-state index contributed by atoms with van der Waals surface area (Å²) in [7, 11) is 0. The van der Waals surface area contributed by atoms with Crippen LogP contribution in [0.15, 0.2) is 65.4 Å². The summed E-state index contributed by atoms with van der Waals surface area (Å²) in [6.45, 7) is 2.07. The van der Waals surface area contributed by atoms with E-state index in [4.69, 9.17) is 4.42 Å². The van der Waals surface area contributed by atoms with E-state index in [1.54, 1.807) is 0 Å². The van der Waals surface area contributed by atoms with E-state index < -0.39 is 0 Å². The average Bonchev–Trinajstić information content (AvgIpc) is 2.90. The second kappa shape index (κ2) is 4.49. The Bertz CT molecular complexity index is 638. The highest BCUT2D eigenvalue weighted by molar-refractivity contribution is 5.76. The fraction of sp³-hybridized carbons (Fsp3) is 0.0625. The second-order valence-electron chi connectivity index (χ2n) is 4.26. The van der Waals surface area contributed by atoms with Crippen molar-refractivity contribution in [1.29, 1.82) is 0 Å². The van der Waals surface area contributed by atoms with Crippen LogP contribution in [0, 0.1) is 6.92 Å². The minimum Gasteiger partial charge on any atom is -0.443 e. The van der Waals surface area contributed by atoms with E-state index in [0.29, 0.717) is 0 Å². The van der Waals surface area contributed by atoms with E-state index in [1.807, 2.05) is 30.3 Å². The molecule has 2 nitrogen and oxygen atoms in total. The molecule has 0 spiro atoms. The van der Waals surface area contributed by atoms with Gasteiger partial charge in [-0.2, -0.15) is 0 Å². The summed E-state index contributed by atoms with van der Waals surface area (Å²) in [6, 6.07) is 18.3. The second-order valence-corrected chi connectivity index (χ2v) is 4.26. The molecule has 0 atom stereocenters. The number of benzene rings is 2. The zero-order valence-electron chi connectivity index (χ0n) is 10.1. The molecule has 0 radical (unpaired) electrons. The molecular weight excluding hydrogens is 222 g/mol. The maximum absolute atomic E-state index is 5.52. The molecule has 0 saturated heterocycles. The van der Waals surface area contributed by atoms with Crippen molar-refractivity contribution in [1.82, 2.24) is 4.98 Å². The molecule has 0 N–H and O–H groups in total. The van der Waals surface area contributed by atoms with Crippen molar-refractivity contribution in [3.05, 3.63) is 66.6 Å². The molecule has 88 valence electrons. The highest BCUT2D eigenvalue weighted by atomic mass is 16.3. The van der Waals surface area contributed by atoms with Gasteiger partial charge in [-0.05, 0) is 6.92 Å². The largest absolute Gasteiger partial charge is 0.443 e. The Hall–Kier alpha value is -2.35. The van der Waals surface area contributed by atoms with Gasteiger partial charge in [-0.25, -0.2) is 4.98 Å². The molecule has 1 heterocycles. The summed E-state index contributed by atoms with van der Waals surface area (Å²) in [4.78, 5) is 4.33. The Kier molecular flexibility index (Phi) is 2.69. The van der Waals surface area contributed by atoms with E-state index in [0.717, 1.165) is 22.6 Å². The number of aromatic nitrogens is 1. The molecule has 2 heteroatoms. The number of rotatable bonds is 2. The van der Waals surface area contributed by atoms with Gasteiger partial charge in [-0.15, -0.1) is 0 Å². The Morgan fingerprint density at radius 2 is 1.56 bits per heavy atom. The van der Waals surface area contributed by atoms with E-state index >= 15 is 0 Å². The van der Waals surface area contributed by atoms with Gasteiger partial charge >= 0.3 is 0 Å². The van der Waals surface area contributed by atoms with Gasteiger partial charge in [0.15, 0.2) is 12.2 Å². The van der Waals surface area contributed by atoms with Gasteiger partial charge in [0.1, 0.15) is 5.69 Å². The summed E-state index contributed by atoms with van der Waals surface area (Å²) in [5.74, 6) is 0.819. The Morgan fingerprint density at radius 1 is 0.833 bits per heavy atom. The van der Waals surface area contributed by atoms with Gasteiger partial charge in [0, 0.05) is 11.1 Å². The van der Waals surface area contributed by atoms with Gasteiger partial charge in [-0.3, -0.25) is 0 Å². The van der Waals surface area contributed by atoms with Gasteiger partial charge in [0.05, 0.1) is 0 Å². The third-order valence-electron chi connectivity index (χ3n) is 2.93. The van der Waals surface area contributed by atoms with Crippen LogP contribution in [-0.4, -0.2) is 4.98 Å². The molecule has 1 aromatic heterocycles. The van der Waals surface area contributed by atoms with Crippen LogP contribution in [0.4, 0.5) is 0 Å². The first-order chi connectivity index (χ1) is 8.84. The molecule has 0 unspecified atom stereocenters. The maximum atomic E-state index is 5.52. The lowest BCUT2D eigenvalue weighted by Crippen LogP contribution is -1.82. The van der Waals surface area contributed by atoms with Crippen molar-refractivity contribution in [2.75, 3.05) is 0 Å². The predicted octanol–water partition coefficient (Wildman–Crippen LogP) is 4.32. The monoisotopic (exact) mass is 235 g/mol. The molecule has 0 fully saturated rings. The van der Waals surface area contributed by atoms with Crippen LogP contribution in [0.2, 0.25) is 0 Å². The first-order valence-electron chi connectivity index (χ1n) is 5.90. The van der Waals surface area contributed by atoms with Crippen molar-refractivity contribution in [3.63, 3.8) is 0 Å².